The molecule has 11 nitrogen and oxygen atoms in total. The number of benzene rings is 1. The maximum absolute atomic E-state index is 15.2. The lowest BCUT2D eigenvalue weighted by molar-refractivity contribution is -0.116. The Morgan fingerprint density at radius 1 is 1.00 bits per heavy atom. The summed E-state index contributed by atoms with van der Waals surface area (Å²) in [5, 5.41) is 0.651. The van der Waals surface area contributed by atoms with Crippen molar-refractivity contribution in [2.45, 2.75) is 55.3 Å². The van der Waals surface area contributed by atoms with Crippen LogP contribution < -0.4 is 11.1 Å². The van der Waals surface area contributed by atoms with Crippen molar-refractivity contribution in [3.8, 4) is 0 Å². The fraction of sp³-hybridized carbons (Fsp3) is 0.481. The Labute approximate surface area is 261 Å². The predicted molar refractivity (Wildman–Crippen MR) is 158 cm³/mol. The highest BCUT2D eigenvalue weighted by molar-refractivity contribution is 8.45. The van der Waals surface area contributed by atoms with Crippen LogP contribution in [0.3, 0.4) is 0 Å². The average Bonchev–Trinajstić information content (AvgIpc) is 2.92. The van der Waals surface area contributed by atoms with Gasteiger partial charge < -0.3 is 25.6 Å². The van der Waals surface area contributed by atoms with Gasteiger partial charge in [0.05, 0.1) is 17.6 Å². The first-order valence-corrected chi connectivity index (χ1v) is 17.6. The Bertz CT molecular complexity index is 1660. The third-order valence-electron chi connectivity index (χ3n) is 7.49. The number of halogens is 6. The Balaban J connectivity index is 1.50. The van der Waals surface area contributed by atoms with Gasteiger partial charge in [-0.1, -0.05) is 19.4 Å². The molecule has 0 saturated carbocycles. The summed E-state index contributed by atoms with van der Waals surface area (Å²) in [6.07, 6.45) is 0.184. The fourth-order valence-electron chi connectivity index (χ4n) is 5.18. The lowest BCUT2D eigenvalue weighted by Gasteiger charge is -2.40. The minimum Gasteiger partial charge on any atom is -0.444 e. The van der Waals surface area contributed by atoms with Crippen molar-refractivity contribution < 1.29 is 51.4 Å². The van der Waals surface area contributed by atoms with Gasteiger partial charge in [-0.15, -0.1) is 0 Å². The summed E-state index contributed by atoms with van der Waals surface area (Å²) >= 11 is 0. The summed E-state index contributed by atoms with van der Waals surface area (Å²) in [6.45, 7) is 4.09. The molecule has 1 atom stereocenters. The number of hydrogen-bond acceptors (Lipinski definition) is 8. The number of ether oxygens (including phenoxy) is 1. The SMILES string of the molecule is CC(C)(C)OC(=O)N1CCS(=O)(=O)C(C(=O)Nc2c(N)ncc(F)c2C2CCN(C(=O)c3ccc(S(F)(F)(F)(F)F)cc3)CC2)C1. The van der Waals surface area contributed by atoms with Gasteiger partial charge in [0.1, 0.15) is 22.1 Å². The van der Waals surface area contributed by atoms with Gasteiger partial charge in [-0.05, 0) is 63.8 Å². The molecule has 0 radical (unpaired) electrons. The number of likely N-dealkylation sites (tertiary alicyclic amines) is 1. The third-order valence-corrected chi connectivity index (χ3v) is 10.6. The van der Waals surface area contributed by atoms with Crippen molar-refractivity contribution >= 4 is 49.5 Å². The summed E-state index contributed by atoms with van der Waals surface area (Å²) in [6, 6.07) is 1.60. The van der Waals surface area contributed by atoms with Crippen LogP contribution in [0.25, 0.3) is 0 Å². The number of carbonyl (C=O) groups excluding carboxylic acids is 3. The van der Waals surface area contributed by atoms with Gasteiger partial charge >= 0.3 is 16.3 Å². The normalized spacial score (nSPS) is 20.8. The molecule has 256 valence electrons. The third kappa shape index (κ3) is 7.97. The Morgan fingerprint density at radius 3 is 2.13 bits per heavy atom. The zero-order valence-corrected chi connectivity index (χ0v) is 26.6. The van der Waals surface area contributed by atoms with Crippen LogP contribution in [-0.4, -0.2) is 83.9 Å². The van der Waals surface area contributed by atoms with E-state index in [1.165, 1.54) is 4.90 Å². The van der Waals surface area contributed by atoms with Crippen molar-refractivity contribution in [2.24, 2.45) is 0 Å². The highest BCUT2D eigenvalue weighted by Crippen LogP contribution is 3.02. The molecule has 0 aliphatic carbocycles. The molecule has 1 unspecified atom stereocenters. The lowest BCUT2D eigenvalue weighted by Crippen LogP contribution is -2.54. The summed E-state index contributed by atoms with van der Waals surface area (Å²) in [5.74, 6) is -4.18. The molecule has 3 amide bonds. The van der Waals surface area contributed by atoms with Crippen LogP contribution in [0.5, 0.6) is 0 Å². The van der Waals surface area contributed by atoms with Crippen molar-refractivity contribution in [3.63, 3.8) is 0 Å². The number of carbonyl (C=O) groups is 3. The van der Waals surface area contributed by atoms with Gasteiger partial charge in [0.25, 0.3) is 5.91 Å². The number of piperidine rings is 1. The Hall–Kier alpha value is -3.74. The zero-order chi connectivity index (χ0) is 34.5. The monoisotopic (exact) mass is 701 g/mol. The largest absolute Gasteiger partial charge is 0.444 e. The standard InChI is InChI=1S/C27H33F6N5O6S2/c1-27(2,3)44-26(41)38-12-13-45(42,43)20(15-38)24(39)36-22-21(19(28)14-35-23(22)34)16-8-10-37(11-9-16)25(40)17-4-6-18(7-5-17)46(29,30,31,32)33/h4-7,14,16,20H,8-13,15H2,1-3H3,(H2,34,35)(H,36,39). The smallest absolute Gasteiger partial charge is 0.410 e. The van der Waals surface area contributed by atoms with E-state index >= 15 is 4.39 Å². The molecule has 46 heavy (non-hydrogen) atoms. The molecule has 1 aromatic carbocycles. The molecular formula is C27H33F6N5O6S2. The first-order chi connectivity index (χ1) is 20.9. The van der Waals surface area contributed by atoms with Crippen LogP contribution in [0, 0.1) is 5.82 Å². The predicted octanol–water partition coefficient (Wildman–Crippen LogP) is 5.45. The van der Waals surface area contributed by atoms with Gasteiger partial charge in [0.15, 0.2) is 15.1 Å². The maximum Gasteiger partial charge on any atom is 0.410 e. The number of sulfone groups is 1. The molecule has 19 heteroatoms. The second-order valence-corrected chi connectivity index (χ2v) is 16.8. The number of rotatable bonds is 5. The zero-order valence-electron chi connectivity index (χ0n) is 24.9. The van der Waals surface area contributed by atoms with Gasteiger partial charge in [0.2, 0.25) is 5.91 Å². The van der Waals surface area contributed by atoms with E-state index < -0.39 is 77.7 Å². The van der Waals surface area contributed by atoms with E-state index in [4.69, 9.17) is 10.5 Å². The minimum atomic E-state index is -9.92. The number of anilines is 2. The maximum atomic E-state index is 15.2. The quantitative estimate of drug-likeness (QED) is 0.391. The molecule has 0 bridgehead atoms. The van der Waals surface area contributed by atoms with E-state index in [0.717, 1.165) is 11.1 Å². The van der Waals surface area contributed by atoms with E-state index in [1.54, 1.807) is 20.8 Å². The van der Waals surface area contributed by atoms with Crippen LogP contribution >= 0.6 is 10.2 Å². The summed E-state index contributed by atoms with van der Waals surface area (Å²) < 4.78 is 111. The average molecular weight is 702 g/mol. The number of amides is 3. The Kier molecular flexibility index (Phi) is 8.55. The summed E-state index contributed by atoms with van der Waals surface area (Å²) in [5.41, 5.74) is 4.48. The second-order valence-electron chi connectivity index (χ2n) is 12.1. The number of nitrogens with two attached hydrogens (primary N) is 1. The van der Waals surface area contributed by atoms with E-state index in [1.807, 2.05) is 0 Å². The summed E-state index contributed by atoms with van der Waals surface area (Å²) in [4.78, 5) is 42.7. The molecule has 0 spiro atoms. The molecule has 2 aromatic rings. The number of hydrogen-bond donors (Lipinski definition) is 2. The molecular weight excluding hydrogens is 668 g/mol. The number of nitrogens with zero attached hydrogens (tertiary/aromatic N) is 3. The van der Waals surface area contributed by atoms with Crippen molar-refractivity contribution in [3.05, 3.63) is 47.4 Å². The number of aromatic nitrogens is 1. The first kappa shape index (κ1) is 35.1. The highest BCUT2D eigenvalue weighted by atomic mass is 32.5. The number of nitrogen functional groups attached to an aromatic ring is 1. The highest BCUT2D eigenvalue weighted by Gasteiger charge is 2.65. The first-order valence-electron chi connectivity index (χ1n) is 13.9. The molecule has 2 aliphatic heterocycles. The molecule has 2 fully saturated rings. The molecule has 2 saturated heterocycles. The van der Waals surface area contributed by atoms with Crippen molar-refractivity contribution in [1.29, 1.82) is 0 Å². The van der Waals surface area contributed by atoms with Gasteiger partial charge in [-0.2, -0.15) is 0 Å². The van der Waals surface area contributed by atoms with Crippen LogP contribution in [0.2, 0.25) is 0 Å². The van der Waals surface area contributed by atoms with E-state index in [2.05, 4.69) is 10.3 Å². The molecule has 1 aromatic heterocycles. The minimum absolute atomic E-state index is 0.0241. The molecule has 3 N–H and O–H groups in total. The van der Waals surface area contributed by atoms with Crippen LogP contribution in [0.15, 0.2) is 35.4 Å². The number of nitrogens with one attached hydrogen (secondary N) is 1. The number of pyridine rings is 1. The fourth-order valence-corrected chi connectivity index (χ4v) is 7.39. The van der Waals surface area contributed by atoms with E-state index in [9.17, 15) is 42.2 Å². The van der Waals surface area contributed by atoms with Gasteiger partial charge in [-0.25, -0.2) is 22.6 Å². The van der Waals surface area contributed by atoms with E-state index in [-0.39, 0.29) is 67.2 Å². The summed E-state index contributed by atoms with van der Waals surface area (Å²) in [7, 11) is -14.0. The molecule has 3 heterocycles. The molecule has 4 rings (SSSR count). The van der Waals surface area contributed by atoms with Crippen LogP contribution in [0.1, 0.15) is 55.5 Å². The topological polar surface area (TPSA) is 152 Å². The van der Waals surface area contributed by atoms with Gasteiger partial charge in [-0.3, -0.25) is 9.59 Å². The van der Waals surface area contributed by atoms with Crippen molar-refractivity contribution in [1.82, 2.24) is 14.8 Å². The molecule has 2 aliphatic rings. The lowest BCUT2D eigenvalue weighted by atomic mass is 9.88. The van der Waals surface area contributed by atoms with Crippen molar-refractivity contribution in [2.75, 3.05) is 43.0 Å². The van der Waals surface area contributed by atoms with E-state index in [0.29, 0.717) is 12.1 Å². The Morgan fingerprint density at radius 2 is 1.59 bits per heavy atom. The van der Waals surface area contributed by atoms with Crippen LogP contribution in [-0.2, 0) is 19.4 Å². The second kappa shape index (κ2) is 11.2. The van der Waals surface area contributed by atoms with Gasteiger partial charge in [0, 0.05) is 37.3 Å². The van der Waals surface area contributed by atoms with Crippen LogP contribution in [0.4, 0.5) is 40.1 Å².